The van der Waals surface area contributed by atoms with E-state index in [2.05, 4.69) is 30.4 Å². The number of nitrogens with zero attached hydrogens (tertiary/aromatic N) is 2. The predicted molar refractivity (Wildman–Crippen MR) is 176 cm³/mol. The number of likely N-dealkylation sites (tertiary alicyclic amines) is 2. The Kier molecular flexibility index (Phi) is 8.94. The van der Waals surface area contributed by atoms with Gasteiger partial charge in [0.15, 0.2) is 0 Å². The van der Waals surface area contributed by atoms with E-state index in [4.69, 9.17) is 23.2 Å². The maximum absolute atomic E-state index is 14.0. The molecule has 0 aliphatic carbocycles. The number of hydrogen-bond acceptors (Lipinski definition) is 4. The number of hydrogen-bond donors (Lipinski definition) is 1. The molecule has 1 unspecified atom stereocenters. The van der Waals surface area contributed by atoms with Gasteiger partial charge in [0.2, 0.25) is 0 Å². The van der Waals surface area contributed by atoms with Gasteiger partial charge in [-0.15, -0.1) is 0 Å². The first-order valence-electron chi connectivity index (χ1n) is 14.9. The number of benzene rings is 3. The molecule has 2 aliphatic heterocycles. The van der Waals surface area contributed by atoms with Crippen LogP contribution < -0.4 is 4.72 Å². The highest BCUT2D eigenvalue weighted by Gasteiger charge is 2.42. The molecule has 230 valence electrons. The molecular weight excluding hydrogens is 601 g/mol. The van der Waals surface area contributed by atoms with Gasteiger partial charge in [-0.1, -0.05) is 68.2 Å². The third-order valence-electron chi connectivity index (χ3n) is 9.03. The average molecular weight is 643 g/mol. The normalized spacial score (nSPS) is 19.7. The molecule has 2 fully saturated rings. The van der Waals surface area contributed by atoms with Crippen LogP contribution in [0.15, 0.2) is 59.5 Å². The number of anilines is 1. The lowest BCUT2D eigenvalue weighted by Gasteiger charge is -2.40. The number of rotatable bonds is 6. The molecule has 2 saturated heterocycles. The summed E-state index contributed by atoms with van der Waals surface area (Å²) in [4.78, 5) is 18.6. The van der Waals surface area contributed by atoms with Crippen molar-refractivity contribution in [2.75, 3.05) is 30.9 Å². The molecule has 9 heteroatoms. The Morgan fingerprint density at radius 1 is 0.953 bits per heavy atom. The van der Waals surface area contributed by atoms with Crippen LogP contribution in [0.4, 0.5) is 5.69 Å². The zero-order chi connectivity index (χ0) is 31.2. The number of carbonyl (C=O) groups is 1. The van der Waals surface area contributed by atoms with Crippen LogP contribution in [-0.4, -0.2) is 50.3 Å². The Bertz CT molecular complexity index is 1650. The van der Waals surface area contributed by atoms with E-state index in [1.54, 1.807) is 30.3 Å². The number of halogens is 2. The standard InChI is InChI=1S/C34H41Cl2N3O3S/c1-23-17-26(33(3,4)5)19-31(24(23)2)43(41,42)37-30-10-7-6-9-27(30)32(40)39-15-8-13-34(22-39)14-16-38(21-34)20-25-11-12-28(35)29(36)18-25/h6-7,9-12,17-19,37H,8,13-16,20-22H2,1-5H3. The summed E-state index contributed by atoms with van der Waals surface area (Å²) in [5, 5.41) is 1.11. The SMILES string of the molecule is Cc1cc(C(C)(C)C)cc(S(=O)(=O)Nc2ccccc2C(=O)N2CCCC3(CCN(Cc4ccc(Cl)c(Cl)c4)C3)C2)c1C. The summed E-state index contributed by atoms with van der Waals surface area (Å²) < 4.78 is 30.3. The van der Waals surface area contributed by atoms with Gasteiger partial charge in [-0.2, -0.15) is 0 Å². The first kappa shape index (κ1) is 31.8. The zero-order valence-corrected chi connectivity index (χ0v) is 28.0. The summed E-state index contributed by atoms with van der Waals surface area (Å²) in [6.07, 6.45) is 2.99. The van der Waals surface area contributed by atoms with Crippen LogP contribution in [0.25, 0.3) is 0 Å². The molecule has 0 aromatic heterocycles. The molecule has 0 saturated carbocycles. The van der Waals surface area contributed by atoms with E-state index >= 15 is 0 Å². The van der Waals surface area contributed by atoms with E-state index in [1.165, 1.54) is 0 Å². The predicted octanol–water partition coefficient (Wildman–Crippen LogP) is 7.84. The fourth-order valence-corrected chi connectivity index (χ4v) is 8.19. The minimum Gasteiger partial charge on any atom is -0.338 e. The molecule has 1 N–H and O–H groups in total. The Labute approximate surface area is 266 Å². The number of nitrogens with one attached hydrogen (secondary N) is 1. The largest absolute Gasteiger partial charge is 0.338 e. The molecule has 2 heterocycles. The molecule has 1 spiro atoms. The van der Waals surface area contributed by atoms with Gasteiger partial charge >= 0.3 is 0 Å². The van der Waals surface area contributed by atoms with Crippen LogP contribution in [0, 0.1) is 19.3 Å². The first-order chi connectivity index (χ1) is 20.2. The molecule has 3 aromatic rings. The summed E-state index contributed by atoms with van der Waals surface area (Å²) in [6, 6.07) is 16.5. The number of piperidine rings is 1. The Morgan fingerprint density at radius 3 is 2.42 bits per heavy atom. The molecular formula is C34H41Cl2N3O3S. The summed E-state index contributed by atoms with van der Waals surface area (Å²) in [5.41, 5.74) is 4.17. The van der Waals surface area contributed by atoms with E-state index in [-0.39, 0.29) is 21.6 Å². The van der Waals surface area contributed by atoms with Crippen molar-refractivity contribution >= 4 is 44.8 Å². The molecule has 5 rings (SSSR count). The molecule has 3 aromatic carbocycles. The van der Waals surface area contributed by atoms with Gasteiger partial charge in [0, 0.05) is 31.6 Å². The summed E-state index contributed by atoms with van der Waals surface area (Å²) in [6.45, 7) is 13.9. The fourth-order valence-electron chi connectivity index (χ4n) is 6.44. The summed E-state index contributed by atoms with van der Waals surface area (Å²) in [5.74, 6) is -0.142. The lowest BCUT2D eigenvalue weighted by molar-refractivity contribution is 0.0528. The second kappa shape index (κ2) is 12.1. The molecule has 43 heavy (non-hydrogen) atoms. The highest BCUT2D eigenvalue weighted by molar-refractivity contribution is 7.92. The van der Waals surface area contributed by atoms with E-state index in [9.17, 15) is 13.2 Å². The van der Waals surface area contributed by atoms with Crippen LogP contribution in [0.5, 0.6) is 0 Å². The molecule has 1 atom stereocenters. The van der Waals surface area contributed by atoms with E-state index in [0.29, 0.717) is 39.9 Å². The van der Waals surface area contributed by atoms with Crippen molar-refractivity contribution in [1.29, 1.82) is 0 Å². The highest BCUT2D eigenvalue weighted by atomic mass is 35.5. The lowest BCUT2D eigenvalue weighted by atomic mass is 9.79. The Morgan fingerprint density at radius 2 is 1.70 bits per heavy atom. The topological polar surface area (TPSA) is 69.7 Å². The molecule has 6 nitrogen and oxygen atoms in total. The number of sulfonamides is 1. The minimum atomic E-state index is -3.95. The number of amides is 1. The van der Waals surface area contributed by atoms with Gasteiger partial charge in [0.1, 0.15) is 0 Å². The van der Waals surface area contributed by atoms with Crippen molar-refractivity contribution in [3.05, 3.63) is 92.5 Å². The van der Waals surface area contributed by atoms with Crippen LogP contribution >= 0.6 is 23.2 Å². The Hall–Kier alpha value is -2.58. The van der Waals surface area contributed by atoms with Crippen molar-refractivity contribution in [3.63, 3.8) is 0 Å². The molecule has 2 aliphatic rings. The summed E-state index contributed by atoms with van der Waals surface area (Å²) >= 11 is 12.3. The van der Waals surface area contributed by atoms with Gasteiger partial charge in [-0.05, 0) is 97.7 Å². The lowest BCUT2D eigenvalue weighted by Crippen LogP contribution is -2.47. The molecule has 1 amide bonds. The van der Waals surface area contributed by atoms with Gasteiger partial charge in [0.05, 0.1) is 26.2 Å². The maximum Gasteiger partial charge on any atom is 0.262 e. The van der Waals surface area contributed by atoms with Crippen LogP contribution in [-0.2, 0) is 22.0 Å². The quantitative estimate of drug-likeness (QED) is 0.298. The second-order valence-corrected chi connectivity index (χ2v) is 15.8. The van der Waals surface area contributed by atoms with Crippen molar-refractivity contribution in [2.24, 2.45) is 5.41 Å². The minimum absolute atomic E-state index is 0.0145. The summed E-state index contributed by atoms with van der Waals surface area (Å²) in [7, 11) is -3.95. The molecule has 0 bridgehead atoms. The van der Waals surface area contributed by atoms with Gasteiger partial charge in [-0.3, -0.25) is 14.4 Å². The molecule has 0 radical (unpaired) electrons. The number of para-hydroxylation sites is 1. The number of aryl methyl sites for hydroxylation is 1. The van der Waals surface area contributed by atoms with Crippen LogP contribution in [0.1, 0.15) is 72.6 Å². The van der Waals surface area contributed by atoms with Crippen molar-refractivity contribution < 1.29 is 13.2 Å². The second-order valence-electron chi connectivity index (χ2n) is 13.4. The monoisotopic (exact) mass is 641 g/mol. The maximum atomic E-state index is 14.0. The van der Waals surface area contributed by atoms with E-state index in [0.717, 1.165) is 55.6 Å². The van der Waals surface area contributed by atoms with Crippen molar-refractivity contribution in [1.82, 2.24) is 9.80 Å². The van der Waals surface area contributed by atoms with Crippen LogP contribution in [0.2, 0.25) is 10.0 Å². The first-order valence-corrected chi connectivity index (χ1v) is 17.1. The van der Waals surface area contributed by atoms with Gasteiger partial charge < -0.3 is 4.90 Å². The third-order valence-corrected chi connectivity index (χ3v) is 11.3. The van der Waals surface area contributed by atoms with E-state index in [1.807, 2.05) is 43.0 Å². The third kappa shape index (κ3) is 6.90. The van der Waals surface area contributed by atoms with Gasteiger partial charge in [-0.25, -0.2) is 8.42 Å². The number of carbonyl (C=O) groups excluding carboxylic acids is 1. The fraction of sp³-hybridized carbons (Fsp3) is 0.441. The average Bonchev–Trinajstić information content (AvgIpc) is 3.32. The van der Waals surface area contributed by atoms with Crippen molar-refractivity contribution in [2.45, 2.75) is 70.7 Å². The Balaban J connectivity index is 1.34. The zero-order valence-electron chi connectivity index (χ0n) is 25.6. The van der Waals surface area contributed by atoms with E-state index < -0.39 is 10.0 Å². The van der Waals surface area contributed by atoms with Gasteiger partial charge in [0.25, 0.3) is 15.9 Å². The smallest absolute Gasteiger partial charge is 0.262 e. The van der Waals surface area contributed by atoms with Crippen molar-refractivity contribution in [3.8, 4) is 0 Å². The van der Waals surface area contributed by atoms with Crippen LogP contribution in [0.3, 0.4) is 0 Å². The highest BCUT2D eigenvalue weighted by Crippen LogP contribution is 2.40.